The Morgan fingerprint density at radius 3 is 2.44 bits per heavy atom. The second-order valence-electron chi connectivity index (χ2n) is 12.7. The number of esters is 1. The molecular formula is C29H37F3O6S. The number of halogens is 3. The van der Waals surface area contributed by atoms with E-state index in [0.29, 0.717) is 37.4 Å². The van der Waals surface area contributed by atoms with Crippen molar-refractivity contribution in [2.75, 3.05) is 6.01 Å². The van der Waals surface area contributed by atoms with Crippen molar-refractivity contribution in [2.24, 2.45) is 34.5 Å². The second kappa shape index (κ2) is 9.72. The molecule has 0 aromatic rings. The second-order valence-corrected chi connectivity index (χ2v) is 13.6. The number of hydrogen-bond donors (Lipinski definition) is 2. The van der Waals surface area contributed by atoms with Gasteiger partial charge in [-0.2, -0.15) is 0 Å². The van der Waals surface area contributed by atoms with E-state index in [0.717, 1.165) is 6.08 Å². The fraction of sp³-hybridized carbons (Fsp3) is 0.759. The monoisotopic (exact) mass is 570 g/mol. The summed E-state index contributed by atoms with van der Waals surface area (Å²) >= 11 is 0.392. The third-order valence-electron chi connectivity index (χ3n) is 10.9. The van der Waals surface area contributed by atoms with Crippen molar-refractivity contribution < 1.29 is 42.5 Å². The van der Waals surface area contributed by atoms with Gasteiger partial charge >= 0.3 is 5.97 Å². The summed E-state index contributed by atoms with van der Waals surface area (Å²) in [4.78, 5) is 39.3. The van der Waals surface area contributed by atoms with Gasteiger partial charge in [0, 0.05) is 22.7 Å². The Morgan fingerprint density at radius 2 is 1.79 bits per heavy atom. The van der Waals surface area contributed by atoms with Crippen molar-refractivity contribution in [1.82, 2.24) is 0 Å². The van der Waals surface area contributed by atoms with E-state index >= 15 is 8.78 Å². The number of ketones is 1. The van der Waals surface area contributed by atoms with Crippen LogP contribution in [0.4, 0.5) is 13.2 Å². The zero-order chi connectivity index (χ0) is 28.5. The normalized spacial score (nSPS) is 49.0. The quantitative estimate of drug-likeness (QED) is 0.478. The van der Waals surface area contributed by atoms with Crippen LogP contribution in [-0.4, -0.2) is 62.7 Å². The van der Waals surface area contributed by atoms with Crippen molar-refractivity contribution in [3.05, 3.63) is 23.8 Å². The zero-order valence-electron chi connectivity index (χ0n) is 22.5. The summed E-state index contributed by atoms with van der Waals surface area (Å²) in [7, 11) is 0. The molecule has 5 aliphatic rings. The Kier molecular flexibility index (Phi) is 7.20. The van der Waals surface area contributed by atoms with Crippen molar-refractivity contribution in [1.29, 1.82) is 0 Å². The molecule has 4 saturated carbocycles. The Labute approximate surface area is 230 Å². The number of allylic oxidation sites excluding steroid dienone is 4. The van der Waals surface area contributed by atoms with Crippen LogP contribution < -0.4 is 0 Å². The molecule has 0 heterocycles. The van der Waals surface area contributed by atoms with Gasteiger partial charge in [-0.1, -0.05) is 19.9 Å². The molecule has 5 rings (SSSR count). The van der Waals surface area contributed by atoms with Crippen LogP contribution in [0.5, 0.6) is 0 Å². The molecular weight excluding hydrogens is 533 g/mol. The summed E-state index contributed by atoms with van der Waals surface area (Å²) in [5.74, 6) is -3.94. The first kappa shape index (κ1) is 28.9. The van der Waals surface area contributed by atoms with Crippen LogP contribution in [0.15, 0.2) is 23.8 Å². The zero-order valence-corrected chi connectivity index (χ0v) is 23.3. The summed E-state index contributed by atoms with van der Waals surface area (Å²) in [5, 5.41) is 20.8. The Hall–Kier alpha value is -1.65. The molecule has 0 aromatic heterocycles. The lowest BCUT2D eigenvalue weighted by atomic mass is 9.44. The van der Waals surface area contributed by atoms with Crippen LogP contribution in [0, 0.1) is 34.5 Å². The molecule has 0 amide bonds. The highest BCUT2D eigenvalue weighted by molar-refractivity contribution is 8.13. The van der Waals surface area contributed by atoms with E-state index in [4.69, 9.17) is 4.74 Å². The van der Waals surface area contributed by atoms with Gasteiger partial charge in [-0.25, -0.2) is 13.2 Å². The molecule has 0 bridgehead atoms. The van der Waals surface area contributed by atoms with E-state index in [2.05, 4.69) is 0 Å². The SMILES string of the molecule is C[C@@H]1C[C@H]2[C@@H]3C[C@H](F)C4=CC(=O)C=C[C@]4(C)[C@@]3(F)[C@@H](O)C[C@]2(C)[C@@]1(OC(=O)C1CCC(O)CC1)C(=O)SCF. The first-order chi connectivity index (χ1) is 18.3. The van der Waals surface area contributed by atoms with E-state index in [1.807, 2.05) is 0 Å². The third kappa shape index (κ3) is 3.86. The van der Waals surface area contributed by atoms with Gasteiger partial charge in [0.25, 0.3) is 0 Å². The van der Waals surface area contributed by atoms with Crippen LogP contribution in [-0.2, 0) is 19.1 Å². The largest absolute Gasteiger partial charge is 0.449 e. The number of aliphatic hydroxyl groups excluding tert-OH is 2. The lowest BCUT2D eigenvalue weighted by Gasteiger charge is -2.63. The lowest BCUT2D eigenvalue weighted by molar-refractivity contribution is -0.230. The highest BCUT2D eigenvalue weighted by Gasteiger charge is 2.78. The Balaban J connectivity index is 1.58. The summed E-state index contributed by atoms with van der Waals surface area (Å²) < 4.78 is 52.9. The number of thioether (sulfide) groups is 1. The predicted molar refractivity (Wildman–Crippen MR) is 139 cm³/mol. The molecule has 0 aliphatic heterocycles. The predicted octanol–water partition coefficient (Wildman–Crippen LogP) is 4.57. The molecule has 0 radical (unpaired) electrons. The van der Waals surface area contributed by atoms with Gasteiger partial charge in [-0.15, -0.1) is 0 Å². The van der Waals surface area contributed by atoms with Crippen LogP contribution in [0.1, 0.15) is 65.7 Å². The smallest absolute Gasteiger partial charge is 0.309 e. The van der Waals surface area contributed by atoms with E-state index in [1.54, 1.807) is 13.8 Å². The van der Waals surface area contributed by atoms with E-state index in [-0.39, 0.29) is 24.8 Å². The van der Waals surface area contributed by atoms with Crippen molar-refractivity contribution >= 4 is 28.6 Å². The fourth-order valence-corrected chi connectivity index (χ4v) is 9.72. The average molecular weight is 571 g/mol. The Bertz CT molecular complexity index is 1120. The van der Waals surface area contributed by atoms with Crippen LogP contribution >= 0.6 is 11.8 Å². The van der Waals surface area contributed by atoms with Gasteiger partial charge in [0.1, 0.15) is 12.2 Å². The molecule has 6 nitrogen and oxygen atoms in total. The first-order valence-electron chi connectivity index (χ1n) is 13.9. The minimum Gasteiger partial charge on any atom is -0.449 e. The number of fused-ring (bicyclic) bond motifs is 5. The third-order valence-corrected chi connectivity index (χ3v) is 11.6. The van der Waals surface area contributed by atoms with E-state index in [9.17, 15) is 29.0 Å². The summed E-state index contributed by atoms with van der Waals surface area (Å²) in [6.07, 6.45) is 1.14. The number of ether oxygens (including phenoxy) is 1. The summed E-state index contributed by atoms with van der Waals surface area (Å²) in [6, 6.07) is -1.04. The topological polar surface area (TPSA) is 101 Å². The van der Waals surface area contributed by atoms with Crippen LogP contribution in [0.2, 0.25) is 0 Å². The maximum Gasteiger partial charge on any atom is 0.309 e. The highest BCUT2D eigenvalue weighted by atomic mass is 32.2. The van der Waals surface area contributed by atoms with Gasteiger partial charge < -0.3 is 14.9 Å². The maximum atomic E-state index is 17.5. The minimum absolute atomic E-state index is 0.00341. The van der Waals surface area contributed by atoms with Crippen LogP contribution in [0.25, 0.3) is 0 Å². The summed E-state index contributed by atoms with van der Waals surface area (Å²) in [5.41, 5.74) is -7.04. The standard InChI is InChI=1S/C29H37F3O6S/c1-15-10-19-20-12-22(31)21-11-18(34)8-9-26(21,2)28(20,32)23(35)13-27(19,3)29(15,25(37)39-14-30)38-24(36)16-4-6-17(33)7-5-16/h8-9,11,15-17,19-20,22-23,33,35H,4-7,10,12-14H2,1-3H3/t15-,16?,17?,19+,20+,22+,23+,26+,27+,28+,29+/m1/s1. The molecule has 4 fully saturated rings. The first-order valence-corrected chi connectivity index (χ1v) is 14.8. The maximum absolute atomic E-state index is 17.5. The number of rotatable bonds is 4. The molecule has 9 atom stereocenters. The average Bonchev–Trinajstić information content (AvgIpc) is 3.09. The van der Waals surface area contributed by atoms with Gasteiger partial charge in [0.15, 0.2) is 17.1 Å². The lowest BCUT2D eigenvalue weighted by Crippen LogP contribution is -2.70. The molecule has 216 valence electrons. The fourth-order valence-electron chi connectivity index (χ4n) is 8.93. The van der Waals surface area contributed by atoms with Gasteiger partial charge in [-0.05, 0) is 87.3 Å². The summed E-state index contributed by atoms with van der Waals surface area (Å²) in [6.45, 7) is 4.89. The van der Waals surface area contributed by atoms with Crippen molar-refractivity contribution in [3.8, 4) is 0 Å². The Morgan fingerprint density at radius 1 is 1.13 bits per heavy atom. The van der Waals surface area contributed by atoms with Gasteiger partial charge in [-0.3, -0.25) is 14.4 Å². The minimum atomic E-state index is -2.33. The number of alkyl halides is 3. The van der Waals surface area contributed by atoms with Crippen LogP contribution in [0.3, 0.4) is 0 Å². The molecule has 10 heteroatoms. The number of aliphatic hydroxyl groups is 2. The number of hydrogen-bond acceptors (Lipinski definition) is 7. The number of carbonyl (C=O) groups is 3. The van der Waals surface area contributed by atoms with Crippen molar-refractivity contribution in [3.63, 3.8) is 0 Å². The molecule has 5 aliphatic carbocycles. The van der Waals surface area contributed by atoms with E-state index < -0.39 is 87.0 Å². The van der Waals surface area contributed by atoms with Gasteiger partial charge in [0.05, 0.1) is 18.1 Å². The molecule has 0 saturated heterocycles. The molecule has 39 heavy (non-hydrogen) atoms. The van der Waals surface area contributed by atoms with Gasteiger partial charge in [0.2, 0.25) is 5.12 Å². The highest BCUT2D eigenvalue weighted by Crippen LogP contribution is 2.72. The molecule has 0 aromatic carbocycles. The molecule has 0 spiro atoms. The van der Waals surface area contributed by atoms with E-state index in [1.165, 1.54) is 19.1 Å². The molecule has 2 N–H and O–H groups in total. The number of carbonyl (C=O) groups excluding carboxylic acids is 3. The molecule has 0 unspecified atom stereocenters. The van der Waals surface area contributed by atoms with Crippen molar-refractivity contribution in [2.45, 2.75) is 95.4 Å².